The Morgan fingerprint density at radius 1 is 0.958 bits per heavy atom. The maximum absolute atomic E-state index is 12.6. The normalized spacial score (nSPS) is 18.3. The number of amides is 3. The Bertz CT molecular complexity index is 703. The standard InChI is InChI=1S/C19H21N3O2/c1-21-14-22(13-16-10-6-3-7-11-16)19(24)20-17(18(21)23)12-15-8-4-2-5-9-15/h2-11,17H,12-14H2,1H3,(H,20,24)/t17-/m0/s1. The van der Waals surface area contributed by atoms with Crippen LogP contribution in [-0.4, -0.2) is 41.5 Å². The summed E-state index contributed by atoms with van der Waals surface area (Å²) in [5.74, 6) is -0.0669. The number of carbonyl (C=O) groups is 2. The molecule has 0 radical (unpaired) electrons. The van der Waals surface area contributed by atoms with Crippen molar-refractivity contribution in [2.45, 2.75) is 19.0 Å². The van der Waals surface area contributed by atoms with Crippen LogP contribution < -0.4 is 5.32 Å². The van der Waals surface area contributed by atoms with E-state index in [1.165, 1.54) is 0 Å². The molecule has 1 N–H and O–H groups in total. The van der Waals surface area contributed by atoms with Crippen LogP contribution in [0.3, 0.4) is 0 Å². The van der Waals surface area contributed by atoms with Gasteiger partial charge in [0.15, 0.2) is 0 Å². The summed E-state index contributed by atoms with van der Waals surface area (Å²) in [6.45, 7) is 0.757. The van der Waals surface area contributed by atoms with Crippen molar-refractivity contribution in [1.29, 1.82) is 0 Å². The Balaban J connectivity index is 1.74. The van der Waals surface area contributed by atoms with Crippen LogP contribution in [0.15, 0.2) is 60.7 Å². The molecule has 5 heteroatoms. The number of hydrogen-bond donors (Lipinski definition) is 1. The van der Waals surface area contributed by atoms with Crippen LogP contribution in [0.1, 0.15) is 11.1 Å². The highest BCUT2D eigenvalue weighted by Gasteiger charge is 2.31. The van der Waals surface area contributed by atoms with E-state index in [0.29, 0.717) is 13.0 Å². The molecule has 2 aromatic carbocycles. The van der Waals surface area contributed by atoms with Crippen molar-refractivity contribution in [2.24, 2.45) is 0 Å². The van der Waals surface area contributed by atoms with Crippen molar-refractivity contribution in [3.8, 4) is 0 Å². The first-order valence-electron chi connectivity index (χ1n) is 8.02. The Morgan fingerprint density at radius 2 is 1.54 bits per heavy atom. The summed E-state index contributed by atoms with van der Waals surface area (Å²) >= 11 is 0. The van der Waals surface area contributed by atoms with Gasteiger partial charge in [-0.15, -0.1) is 0 Å². The van der Waals surface area contributed by atoms with E-state index < -0.39 is 6.04 Å². The van der Waals surface area contributed by atoms with Gasteiger partial charge in [-0.1, -0.05) is 60.7 Å². The fourth-order valence-corrected chi connectivity index (χ4v) is 2.87. The summed E-state index contributed by atoms with van der Waals surface area (Å²) < 4.78 is 0. The maximum atomic E-state index is 12.6. The number of benzene rings is 2. The van der Waals surface area contributed by atoms with Gasteiger partial charge in [0.05, 0.1) is 6.67 Å². The summed E-state index contributed by atoms with van der Waals surface area (Å²) in [7, 11) is 1.73. The van der Waals surface area contributed by atoms with Crippen LogP contribution in [0.25, 0.3) is 0 Å². The van der Waals surface area contributed by atoms with Gasteiger partial charge in [0, 0.05) is 20.0 Å². The van der Waals surface area contributed by atoms with Crippen molar-refractivity contribution in [1.82, 2.24) is 15.1 Å². The molecule has 0 aliphatic carbocycles. The summed E-state index contributed by atoms with van der Waals surface area (Å²) in [5, 5.41) is 2.87. The first-order valence-corrected chi connectivity index (χ1v) is 8.02. The van der Waals surface area contributed by atoms with Crippen LogP contribution in [0, 0.1) is 0 Å². The summed E-state index contributed by atoms with van der Waals surface area (Å²) in [6, 6.07) is 18.8. The Kier molecular flexibility index (Phi) is 4.79. The largest absolute Gasteiger partial charge is 0.326 e. The molecule has 1 aliphatic rings. The molecule has 3 rings (SSSR count). The fraction of sp³-hybridized carbons (Fsp3) is 0.263. The Hall–Kier alpha value is -2.82. The molecule has 0 spiro atoms. The van der Waals surface area contributed by atoms with E-state index in [1.54, 1.807) is 16.8 Å². The number of likely N-dealkylation sites (N-methyl/N-ethyl adjacent to an activating group) is 1. The molecule has 5 nitrogen and oxygen atoms in total. The number of carbonyl (C=O) groups excluding carboxylic acids is 2. The smallest absolute Gasteiger partial charge is 0.319 e. The highest BCUT2D eigenvalue weighted by Crippen LogP contribution is 2.12. The molecule has 0 unspecified atom stereocenters. The fourth-order valence-electron chi connectivity index (χ4n) is 2.87. The SMILES string of the molecule is CN1CN(Cc2ccccc2)C(=O)N[C@@H](Cc2ccccc2)C1=O. The van der Waals surface area contributed by atoms with E-state index >= 15 is 0 Å². The lowest BCUT2D eigenvalue weighted by molar-refractivity contribution is -0.132. The zero-order chi connectivity index (χ0) is 16.9. The average molecular weight is 323 g/mol. The predicted octanol–water partition coefficient (Wildman–Crippen LogP) is 2.24. The molecule has 1 aliphatic heterocycles. The first kappa shape index (κ1) is 16.1. The van der Waals surface area contributed by atoms with E-state index in [4.69, 9.17) is 0 Å². The molecule has 124 valence electrons. The van der Waals surface area contributed by atoms with Gasteiger partial charge in [0.2, 0.25) is 5.91 Å². The van der Waals surface area contributed by atoms with Gasteiger partial charge in [-0.25, -0.2) is 4.79 Å². The van der Waals surface area contributed by atoms with Gasteiger partial charge in [-0.2, -0.15) is 0 Å². The quantitative estimate of drug-likeness (QED) is 0.938. The highest BCUT2D eigenvalue weighted by molar-refractivity contribution is 5.89. The number of urea groups is 1. The van der Waals surface area contributed by atoms with Crippen LogP contribution >= 0.6 is 0 Å². The third-order valence-electron chi connectivity index (χ3n) is 4.14. The topological polar surface area (TPSA) is 52.6 Å². The van der Waals surface area contributed by atoms with Crippen LogP contribution in [0.5, 0.6) is 0 Å². The molecule has 0 saturated carbocycles. The molecule has 1 fully saturated rings. The minimum atomic E-state index is -0.536. The number of nitrogens with one attached hydrogen (secondary N) is 1. The van der Waals surface area contributed by atoms with Crippen LogP contribution in [0.4, 0.5) is 4.79 Å². The van der Waals surface area contributed by atoms with Crippen molar-refractivity contribution in [3.63, 3.8) is 0 Å². The van der Waals surface area contributed by atoms with E-state index in [1.807, 2.05) is 60.7 Å². The van der Waals surface area contributed by atoms with Crippen molar-refractivity contribution >= 4 is 11.9 Å². The van der Waals surface area contributed by atoms with Gasteiger partial charge in [-0.05, 0) is 11.1 Å². The van der Waals surface area contributed by atoms with Gasteiger partial charge in [-0.3, -0.25) is 4.79 Å². The minimum Gasteiger partial charge on any atom is -0.326 e. The lowest BCUT2D eigenvalue weighted by Crippen LogP contribution is -2.45. The number of hydrogen-bond acceptors (Lipinski definition) is 2. The van der Waals surface area contributed by atoms with Gasteiger partial charge in [0.25, 0.3) is 0 Å². The molecule has 1 heterocycles. The second-order valence-electron chi connectivity index (χ2n) is 6.05. The van der Waals surface area contributed by atoms with Crippen molar-refractivity contribution < 1.29 is 9.59 Å². The average Bonchev–Trinajstić information content (AvgIpc) is 2.69. The van der Waals surface area contributed by atoms with Crippen LogP contribution in [0.2, 0.25) is 0 Å². The Morgan fingerprint density at radius 3 is 2.17 bits per heavy atom. The molecular formula is C19H21N3O2. The third-order valence-corrected chi connectivity index (χ3v) is 4.14. The molecule has 2 aromatic rings. The molecule has 1 atom stereocenters. The van der Waals surface area contributed by atoms with Crippen molar-refractivity contribution in [3.05, 3.63) is 71.8 Å². The molecule has 3 amide bonds. The highest BCUT2D eigenvalue weighted by atomic mass is 16.2. The lowest BCUT2D eigenvalue weighted by atomic mass is 10.1. The molecular weight excluding hydrogens is 302 g/mol. The number of nitrogens with zero attached hydrogens (tertiary/aromatic N) is 2. The third kappa shape index (κ3) is 3.74. The van der Waals surface area contributed by atoms with Gasteiger partial charge < -0.3 is 15.1 Å². The molecule has 0 bridgehead atoms. The molecule has 1 saturated heterocycles. The monoisotopic (exact) mass is 323 g/mol. The second kappa shape index (κ2) is 7.17. The molecule has 0 aromatic heterocycles. The molecule has 24 heavy (non-hydrogen) atoms. The van der Waals surface area contributed by atoms with Crippen LogP contribution in [-0.2, 0) is 17.8 Å². The predicted molar refractivity (Wildman–Crippen MR) is 92.1 cm³/mol. The van der Waals surface area contributed by atoms with Gasteiger partial charge in [0.1, 0.15) is 6.04 Å². The zero-order valence-electron chi connectivity index (χ0n) is 13.7. The summed E-state index contributed by atoms with van der Waals surface area (Å²) in [4.78, 5) is 28.4. The summed E-state index contributed by atoms with van der Waals surface area (Å²) in [5.41, 5.74) is 2.07. The van der Waals surface area contributed by atoms with E-state index in [0.717, 1.165) is 11.1 Å². The Labute approximate surface area is 141 Å². The van der Waals surface area contributed by atoms with Crippen molar-refractivity contribution in [2.75, 3.05) is 13.7 Å². The van der Waals surface area contributed by atoms with E-state index in [2.05, 4.69) is 5.32 Å². The maximum Gasteiger partial charge on any atom is 0.319 e. The van der Waals surface area contributed by atoms with Gasteiger partial charge >= 0.3 is 6.03 Å². The minimum absolute atomic E-state index is 0.0669. The zero-order valence-corrected chi connectivity index (χ0v) is 13.7. The second-order valence-corrected chi connectivity index (χ2v) is 6.05. The lowest BCUT2D eigenvalue weighted by Gasteiger charge is -2.24. The number of rotatable bonds is 4. The van der Waals surface area contributed by atoms with E-state index in [9.17, 15) is 9.59 Å². The first-order chi connectivity index (χ1) is 11.6. The summed E-state index contributed by atoms with van der Waals surface area (Å²) in [6.07, 6.45) is 0.495. The van der Waals surface area contributed by atoms with E-state index in [-0.39, 0.29) is 18.6 Å².